The Morgan fingerprint density at radius 1 is 1.25 bits per heavy atom. The molecule has 1 rings (SSSR count). The second-order valence-electron chi connectivity index (χ2n) is 5.74. The monoisotopic (exact) mass is 293 g/mol. The van der Waals surface area contributed by atoms with Crippen molar-refractivity contribution in [2.24, 2.45) is 0 Å². The number of nitrogens with one attached hydrogen (secondary N) is 1. The van der Waals surface area contributed by atoms with Crippen LogP contribution in [0.1, 0.15) is 44.9 Å². The fraction of sp³-hybridized carbons (Fsp3) is 0.714. The van der Waals surface area contributed by atoms with Crippen LogP contribution in [0, 0.1) is 0 Å². The van der Waals surface area contributed by atoms with E-state index in [9.17, 15) is 13.2 Å². The Hall–Kier alpha value is -1.01. The molecule has 1 N–H and O–H groups in total. The third kappa shape index (κ3) is 7.55. The first-order chi connectivity index (χ1) is 9.17. The van der Waals surface area contributed by atoms with Gasteiger partial charge in [-0.25, -0.2) is 0 Å². The van der Waals surface area contributed by atoms with Crippen molar-refractivity contribution in [3.8, 4) is 0 Å². The zero-order chi connectivity index (χ0) is 15.2. The average Bonchev–Trinajstić information content (AvgIpc) is 2.71. The zero-order valence-corrected chi connectivity index (χ0v) is 12.1. The Labute approximate surface area is 117 Å². The molecule has 0 saturated heterocycles. The molecule has 1 aromatic heterocycles. The summed E-state index contributed by atoms with van der Waals surface area (Å²) >= 11 is 0. The van der Waals surface area contributed by atoms with E-state index >= 15 is 0 Å². The van der Waals surface area contributed by atoms with Gasteiger partial charge in [0.1, 0.15) is 12.4 Å². The van der Waals surface area contributed by atoms with Crippen molar-refractivity contribution in [2.75, 3.05) is 6.61 Å². The Bertz CT molecular complexity index is 394. The van der Waals surface area contributed by atoms with Crippen LogP contribution < -0.4 is 5.32 Å². The lowest BCUT2D eigenvalue weighted by atomic mass is 10.1. The number of hydrogen-bond donors (Lipinski definition) is 1. The van der Waals surface area contributed by atoms with E-state index in [0.29, 0.717) is 12.3 Å². The molecule has 116 valence electrons. The highest BCUT2D eigenvalue weighted by Crippen LogP contribution is 2.21. The van der Waals surface area contributed by atoms with Crippen molar-refractivity contribution in [1.29, 1.82) is 0 Å². The van der Waals surface area contributed by atoms with Crippen molar-refractivity contribution in [3.05, 3.63) is 23.7 Å². The van der Waals surface area contributed by atoms with Gasteiger partial charge in [0.2, 0.25) is 0 Å². The van der Waals surface area contributed by atoms with Gasteiger partial charge in [0, 0.05) is 30.7 Å². The Morgan fingerprint density at radius 3 is 2.55 bits per heavy atom. The molecule has 0 unspecified atom stereocenters. The maximum atomic E-state index is 12.0. The smallest absolute Gasteiger partial charge is 0.389 e. The van der Waals surface area contributed by atoms with Gasteiger partial charge in [-0.15, -0.1) is 0 Å². The summed E-state index contributed by atoms with van der Waals surface area (Å²) in [5.41, 5.74) is 0.956. The van der Waals surface area contributed by atoms with Gasteiger partial charge >= 0.3 is 6.18 Å². The van der Waals surface area contributed by atoms with Crippen LogP contribution in [-0.4, -0.2) is 18.3 Å². The highest BCUT2D eigenvalue weighted by atomic mass is 19.4. The van der Waals surface area contributed by atoms with Gasteiger partial charge in [-0.1, -0.05) is 0 Å². The minimum absolute atomic E-state index is 0.0118. The molecule has 0 atom stereocenters. The van der Waals surface area contributed by atoms with Gasteiger partial charge in [0.15, 0.2) is 0 Å². The zero-order valence-electron chi connectivity index (χ0n) is 12.1. The van der Waals surface area contributed by atoms with Gasteiger partial charge in [-0.05, 0) is 33.3 Å². The number of halogens is 3. The lowest BCUT2D eigenvalue weighted by molar-refractivity contribution is -0.138. The number of ether oxygens (including phenoxy) is 1. The van der Waals surface area contributed by atoms with Crippen LogP contribution in [0.3, 0.4) is 0 Å². The minimum atomic E-state index is -4.12. The summed E-state index contributed by atoms with van der Waals surface area (Å²) in [6, 6.07) is 1.84. The first-order valence-electron chi connectivity index (χ1n) is 6.62. The summed E-state index contributed by atoms with van der Waals surface area (Å²) in [5, 5.41) is 3.32. The molecule has 0 radical (unpaired) electrons. The number of hydrogen-bond acceptors (Lipinski definition) is 3. The van der Waals surface area contributed by atoms with Crippen LogP contribution in [0.5, 0.6) is 0 Å². The molecule has 3 nitrogen and oxygen atoms in total. The van der Waals surface area contributed by atoms with Crippen molar-refractivity contribution >= 4 is 0 Å². The van der Waals surface area contributed by atoms with E-state index in [-0.39, 0.29) is 25.2 Å². The molecule has 0 bridgehead atoms. The largest absolute Gasteiger partial charge is 0.467 e. The van der Waals surface area contributed by atoms with E-state index in [2.05, 4.69) is 26.1 Å². The van der Waals surface area contributed by atoms with Gasteiger partial charge < -0.3 is 14.5 Å². The Balaban J connectivity index is 2.29. The fourth-order valence-corrected chi connectivity index (χ4v) is 1.55. The van der Waals surface area contributed by atoms with Crippen LogP contribution in [0.2, 0.25) is 0 Å². The lowest BCUT2D eigenvalue weighted by Gasteiger charge is -2.20. The minimum Gasteiger partial charge on any atom is -0.467 e. The lowest BCUT2D eigenvalue weighted by Crippen LogP contribution is -2.35. The number of furan rings is 1. The maximum absolute atomic E-state index is 12.0. The van der Waals surface area contributed by atoms with E-state index in [1.165, 1.54) is 0 Å². The Kier molecular flexibility index (Phi) is 6.07. The van der Waals surface area contributed by atoms with Crippen molar-refractivity contribution in [2.45, 2.75) is 58.5 Å². The van der Waals surface area contributed by atoms with Gasteiger partial charge in [0.05, 0.1) is 6.26 Å². The summed E-state index contributed by atoms with van der Waals surface area (Å²) in [6.45, 7) is 7.08. The summed E-state index contributed by atoms with van der Waals surface area (Å²) in [7, 11) is 0. The second kappa shape index (κ2) is 7.13. The standard InChI is InChI=1S/C14H22F3NO2/c1-13(2,3)18-9-11-5-8-20-12(11)10-19-7-4-6-14(15,16)17/h5,8,18H,4,6-7,9-10H2,1-3H3. The molecular formula is C14H22F3NO2. The van der Waals surface area contributed by atoms with Gasteiger partial charge in [-0.3, -0.25) is 0 Å². The van der Waals surface area contributed by atoms with Crippen molar-refractivity contribution in [3.63, 3.8) is 0 Å². The number of rotatable bonds is 7. The van der Waals surface area contributed by atoms with Crippen LogP contribution in [-0.2, 0) is 17.9 Å². The molecule has 0 aliphatic carbocycles. The van der Waals surface area contributed by atoms with Gasteiger partial charge in [0.25, 0.3) is 0 Å². The fourth-order valence-electron chi connectivity index (χ4n) is 1.55. The third-order valence-electron chi connectivity index (χ3n) is 2.63. The second-order valence-corrected chi connectivity index (χ2v) is 5.74. The molecule has 0 aliphatic heterocycles. The number of alkyl halides is 3. The Morgan fingerprint density at radius 2 is 1.95 bits per heavy atom. The quantitative estimate of drug-likeness (QED) is 0.771. The normalized spacial score (nSPS) is 12.9. The molecule has 0 aromatic carbocycles. The third-order valence-corrected chi connectivity index (χ3v) is 2.63. The van der Waals surface area contributed by atoms with Crippen molar-refractivity contribution in [1.82, 2.24) is 5.32 Å². The molecule has 20 heavy (non-hydrogen) atoms. The average molecular weight is 293 g/mol. The summed E-state index contributed by atoms with van der Waals surface area (Å²) in [5.74, 6) is 0.661. The van der Waals surface area contributed by atoms with Gasteiger partial charge in [-0.2, -0.15) is 13.2 Å². The predicted octanol–water partition coefficient (Wildman–Crippen LogP) is 4.03. The highest BCUT2D eigenvalue weighted by molar-refractivity contribution is 5.16. The SMILES string of the molecule is CC(C)(C)NCc1ccoc1COCCCC(F)(F)F. The van der Waals surface area contributed by atoms with E-state index in [1.54, 1.807) is 6.26 Å². The molecule has 6 heteroatoms. The molecule has 1 aromatic rings. The molecule has 0 aliphatic rings. The molecule has 0 amide bonds. The molecular weight excluding hydrogens is 271 g/mol. The van der Waals surface area contributed by atoms with Crippen LogP contribution in [0.15, 0.2) is 16.7 Å². The molecule has 0 saturated carbocycles. The summed E-state index contributed by atoms with van der Waals surface area (Å²) < 4.78 is 46.4. The summed E-state index contributed by atoms with van der Waals surface area (Å²) in [4.78, 5) is 0. The van der Waals surface area contributed by atoms with Crippen molar-refractivity contribution < 1.29 is 22.3 Å². The molecule has 1 heterocycles. The first kappa shape index (κ1) is 17.0. The summed E-state index contributed by atoms with van der Waals surface area (Å²) in [6.07, 6.45) is -3.40. The molecule has 0 spiro atoms. The van der Waals surface area contributed by atoms with E-state index in [1.807, 2.05) is 6.07 Å². The first-order valence-corrected chi connectivity index (χ1v) is 6.62. The van der Waals surface area contributed by atoms with Crippen LogP contribution in [0.25, 0.3) is 0 Å². The maximum Gasteiger partial charge on any atom is 0.389 e. The predicted molar refractivity (Wildman–Crippen MR) is 70.2 cm³/mol. The van der Waals surface area contributed by atoms with E-state index < -0.39 is 12.6 Å². The van der Waals surface area contributed by atoms with E-state index in [4.69, 9.17) is 9.15 Å². The van der Waals surface area contributed by atoms with E-state index in [0.717, 1.165) is 5.56 Å². The van der Waals surface area contributed by atoms with Crippen LogP contribution >= 0.6 is 0 Å². The topological polar surface area (TPSA) is 34.4 Å². The highest BCUT2D eigenvalue weighted by Gasteiger charge is 2.25. The molecule has 0 fully saturated rings. The van der Waals surface area contributed by atoms with Crippen LogP contribution in [0.4, 0.5) is 13.2 Å².